The lowest BCUT2D eigenvalue weighted by atomic mass is 9.82. The number of fused-ring (bicyclic) bond motifs is 7. The lowest BCUT2D eigenvalue weighted by Crippen LogP contribution is -2.41. The summed E-state index contributed by atoms with van der Waals surface area (Å²) in [6, 6.07) is 10.6. The summed E-state index contributed by atoms with van der Waals surface area (Å²) in [6.45, 7) is 7.75. The number of pyridine rings is 1. The first-order valence-electron chi connectivity index (χ1n) is 17.2. The number of carboxylic acids is 1. The van der Waals surface area contributed by atoms with Gasteiger partial charge in [-0.3, -0.25) is 9.97 Å². The van der Waals surface area contributed by atoms with Crippen LogP contribution in [0.15, 0.2) is 42.7 Å². The summed E-state index contributed by atoms with van der Waals surface area (Å²) in [5, 5.41) is 20.8. The fraction of sp³-hybridized carbons (Fsp3) is 0.459. The van der Waals surface area contributed by atoms with Crippen LogP contribution in [0.4, 0.5) is 5.69 Å². The van der Waals surface area contributed by atoms with Gasteiger partial charge in [-0.05, 0) is 93.4 Å². The highest BCUT2D eigenvalue weighted by molar-refractivity contribution is 7.21. The Kier molecular flexibility index (Phi) is 8.19. The molecule has 8 rings (SSSR count). The van der Waals surface area contributed by atoms with E-state index in [4.69, 9.17) is 4.98 Å². The Hall–Kier alpha value is -3.86. The quantitative estimate of drug-likeness (QED) is 0.195. The molecule has 6 heterocycles. The average Bonchev–Trinajstić information content (AvgIpc) is 3.61. The van der Waals surface area contributed by atoms with Crippen molar-refractivity contribution in [3.05, 3.63) is 58.9 Å². The molecule has 244 valence electrons. The number of aliphatic hydroxyl groups excluding tert-OH is 1. The molecule has 0 bridgehead atoms. The molecule has 1 aromatic carbocycles. The average molecular weight is 651 g/mol. The Morgan fingerprint density at radius 1 is 0.957 bits per heavy atom. The fourth-order valence-electron chi connectivity index (χ4n) is 8.27. The van der Waals surface area contributed by atoms with Crippen molar-refractivity contribution < 1.29 is 15.0 Å². The van der Waals surface area contributed by atoms with Gasteiger partial charge in [0, 0.05) is 56.1 Å². The highest BCUT2D eigenvalue weighted by atomic mass is 32.1. The second-order valence-electron chi connectivity index (χ2n) is 13.5. The van der Waals surface area contributed by atoms with E-state index in [0.29, 0.717) is 16.7 Å². The molecule has 9 nitrogen and oxygen atoms in total. The number of aromatic carboxylic acids is 1. The summed E-state index contributed by atoms with van der Waals surface area (Å²) < 4.78 is 3.59. The van der Waals surface area contributed by atoms with Crippen LogP contribution in [0.3, 0.4) is 0 Å². The Bertz CT molecular complexity index is 1950. The minimum absolute atomic E-state index is 0.283. The zero-order valence-corrected chi connectivity index (χ0v) is 27.8. The molecule has 0 radical (unpaired) electrons. The second-order valence-corrected chi connectivity index (χ2v) is 14.6. The predicted molar refractivity (Wildman–Crippen MR) is 188 cm³/mol. The summed E-state index contributed by atoms with van der Waals surface area (Å²) >= 11 is 1.45. The van der Waals surface area contributed by atoms with Gasteiger partial charge < -0.3 is 24.6 Å². The summed E-state index contributed by atoms with van der Waals surface area (Å²) in [5.41, 5.74) is 9.55. The van der Waals surface area contributed by atoms with Crippen molar-refractivity contribution in [2.75, 3.05) is 44.2 Å². The number of hydrogen-bond acceptors (Lipinski definition) is 8. The van der Waals surface area contributed by atoms with Gasteiger partial charge in [0.1, 0.15) is 10.6 Å². The van der Waals surface area contributed by atoms with Gasteiger partial charge in [-0.15, -0.1) is 11.3 Å². The molecular weight excluding hydrogens is 609 g/mol. The van der Waals surface area contributed by atoms with Crippen LogP contribution in [0.2, 0.25) is 0 Å². The molecule has 2 N–H and O–H groups in total. The van der Waals surface area contributed by atoms with E-state index in [0.717, 1.165) is 103 Å². The summed E-state index contributed by atoms with van der Waals surface area (Å²) in [4.78, 5) is 31.9. The van der Waals surface area contributed by atoms with E-state index in [1.807, 2.05) is 13.0 Å². The number of aromatic nitrogens is 4. The van der Waals surface area contributed by atoms with Crippen LogP contribution in [0.1, 0.15) is 71.8 Å². The third kappa shape index (κ3) is 5.50. The van der Waals surface area contributed by atoms with Gasteiger partial charge in [0.05, 0.1) is 38.5 Å². The smallest absolute Gasteiger partial charge is 0.345 e. The van der Waals surface area contributed by atoms with Crippen LogP contribution < -0.4 is 4.90 Å². The maximum Gasteiger partial charge on any atom is 0.345 e. The maximum atomic E-state index is 12.2. The fourth-order valence-corrected chi connectivity index (χ4v) is 9.39. The molecule has 5 aromatic rings. The summed E-state index contributed by atoms with van der Waals surface area (Å²) in [6.07, 6.45) is 11.5. The van der Waals surface area contributed by atoms with E-state index in [-0.39, 0.29) is 6.61 Å². The zero-order valence-electron chi connectivity index (χ0n) is 27.0. The molecule has 47 heavy (non-hydrogen) atoms. The standard InChI is InChI=1S/C37H42N6O3S/c1-23-33(39-14-13-38-23)29-10-7-26-28(40-29)9-8-27-34(26)42(18-17-41-15-11-24(22-44)12-16-41)19-20-43-30-21-31(37(45)46)47-36(30)32(35(27)43)25-5-3-2-4-6-25/h7-10,13-14,21,24-25,44H,2-6,11-12,15-20,22H2,1H3,(H,45,46). The van der Waals surface area contributed by atoms with Crippen molar-refractivity contribution in [2.45, 2.75) is 64.3 Å². The van der Waals surface area contributed by atoms with Crippen LogP contribution in [0, 0.1) is 12.8 Å². The Balaban J connectivity index is 1.28. The largest absolute Gasteiger partial charge is 0.477 e. The first-order chi connectivity index (χ1) is 23.0. The van der Waals surface area contributed by atoms with Gasteiger partial charge in [0.2, 0.25) is 0 Å². The molecule has 2 fully saturated rings. The number of nitrogens with zero attached hydrogens (tertiary/aromatic N) is 6. The van der Waals surface area contributed by atoms with Crippen molar-refractivity contribution in [1.29, 1.82) is 0 Å². The number of aryl methyl sites for hydroxylation is 1. The number of aliphatic hydroxyl groups is 1. The van der Waals surface area contributed by atoms with Crippen molar-refractivity contribution in [3.63, 3.8) is 0 Å². The number of carbonyl (C=O) groups is 1. The van der Waals surface area contributed by atoms with E-state index >= 15 is 0 Å². The number of hydrogen-bond donors (Lipinski definition) is 2. The lowest BCUT2D eigenvalue weighted by Gasteiger charge is -2.34. The highest BCUT2D eigenvalue weighted by Gasteiger charge is 2.33. The van der Waals surface area contributed by atoms with Gasteiger partial charge in [0.25, 0.3) is 0 Å². The predicted octanol–water partition coefficient (Wildman–Crippen LogP) is 6.95. The first kappa shape index (κ1) is 30.5. The van der Waals surface area contributed by atoms with Crippen LogP contribution in [0.25, 0.3) is 43.8 Å². The topological polar surface area (TPSA) is 108 Å². The lowest BCUT2D eigenvalue weighted by molar-refractivity contribution is 0.0702. The number of likely N-dealkylation sites (tertiary alicyclic amines) is 1. The third-order valence-electron chi connectivity index (χ3n) is 10.8. The molecule has 1 aliphatic carbocycles. The summed E-state index contributed by atoms with van der Waals surface area (Å²) in [5.74, 6) is -0.00652. The molecule has 1 saturated carbocycles. The molecule has 0 atom stereocenters. The molecule has 0 amide bonds. The van der Waals surface area contributed by atoms with Gasteiger partial charge in [0.15, 0.2) is 0 Å². The maximum absolute atomic E-state index is 12.2. The SMILES string of the molecule is Cc1nccnc1-c1ccc2c3c(ccc2n1)-c1c(C2CCCCC2)c2sc(C(=O)O)cc2n1CCN3CCN1CCC(CO)CC1. The first-order valence-corrected chi connectivity index (χ1v) is 18.0. The van der Waals surface area contributed by atoms with Crippen LogP contribution >= 0.6 is 11.3 Å². The molecule has 10 heteroatoms. The van der Waals surface area contributed by atoms with Gasteiger partial charge in [-0.2, -0.15) is 0 Å². The van der Waals surface area contributed by atoms with Crippen LogP contribution in [-0.2, 0) is 6.54 Å². The van der Waals surface area contributed by atoms with Crippen LogP contribution in [0.5, 0.6) is 0 Å². The Morgan fingerprint density at radius 3 is 2.53 bits per heavy atom. The minimum Gasteiger partial charge on any atom is -0.477 e. The Labute approximate surface area is 278 Å². The zero-order chi connectivity index (χ0) is 32.1. The monoisotopic (exact) mass is 650 g/mol. The van der Waals surface area contributed by atoms with Gasteiger partial charge >= 0.3 is 5.97 Å². The number of thiophene rings is 1. The number of carboxylic acid groups (broad SMARTS) is 1. The van der Waals surface area contributed by atoms with Crippen molar-refractivity contribution in [3.8, 4) is 22.6 Å². The third-order valence-corrected chi connectivity index (χ3v) is 11.9. The molecular formula is C37H42N6O3S. The van der Waals surface area contributed by atoms with Crippen molar-refractivity contribution >= 4 is 44.1 Å². The minimum atomic E-state index is -0.845. The van der Waals surface area contributed by atoms with Crippen molar-refractivity contribution in [1.82, 2.24) is 24.4 Å². The number of anilines is 1. The van der Waals surface area contributed by atoms with Crippen LogP contribution in [-0.4, -0.2) is 79.9 Å². The van der Waals surface area contributed by atoms with E-state index in [1.165, 1.54) is 53.1 Å². The Morgan fingerprint density at radius 2 is 1.77 bits per heavy atom. The van der Waals surface area contributed by atoms with Gasteiger partial charge in [-0.1, -0.05) is 19.3 Å². The second kappa shape index (κ2) is 12.6. The number of benzene rings is 1. The van der Waals surface area contributed by atoms with E-state index in [2.05, 4.69) is 48.6 Å². The normalized spacial score (nSPS) is 18.0. The molecule has 4 aromatic heterocycles. The molecule has 3 aliphatic rings. The summed E-state index contributed by atoms with van der Waals surface area (Å²) in [7, 11) is 0. The van der Waals surface area contributed by atoms with E-state index in [1.54, 1.807) is 12.4 Å². The van der Waals surface area contributed by atoms with E-state index in [9.17, 15) is 15.0 Å². The molecule has 1 saturated heterocycles. The molecule has 2 aliphatic heterocycles. The molecule has 0 spiro atoms. The van der Waals surface area contributed by atoms with Crippen molar-refractivity contribution in [2.24, 2.45) is 5.92 Å². The number of rotatable bonds is 7. The van der Waals surface area contributed by atoms with Gasteiger partial charge in [-0.25, -0.2) is 9.78 Å². The highest BCUT2D eigenvalue weighted by Crippen LogP contribution is 2.50. The molecule has 0 unspecified atom stereocenters. The van der Waals surface area contributed by atoms with E-state index < -0.39 is 5.97 Å². The number of piperidine rings is 1.